The van der Waals surface area contributed by atoms with Gasteiger partial charge in [0.15, 0.2) is 0 Å². The Kier molecular flexibility index (Phi) is 3.74. The van der Waals surface area contributed by atoms with Gasteiger partial charge < -0.3 is 11.1 Å². The van der Waals surface area contributed by atoms with E-state index in [1.165, 1.54) is 12.1 Å². The summed E-state index contributed by atoms with van der Waals surface area (Å²) in [7, 11) is 0. The molecule has 0 radical (unpaired) electrons. The largest absolute Gasteiger partial charge is 0.399 e. The van der Waals surface area contributed by atoms with Crippen molar-refractivity contribution >= 4 is 11.6 Å². The van der Waals surface area contributed by atoms with Gasteiger partial charge in [-0.15, -0.1) is 0 Å². The number of hydrogen-bond donors (Lipinski definition) is 2. The van der Waals surface area contributed by atoms with Crippen LogP contribution in [-0.4, -0.2) is 5.91 Å². The number of rotatable bonds is 3. The molecule has 2 rings (SSSR count). The summed E-state index contributed by atoms with van der Waals surface area (Å²) in [6.45, 7) is 3.66. The molecule has 0 fully saturated rings. The van der Waals surface area contributed by atoms with Crippen molar-refractivity contribution in [2.75, 3.05) is 5.73 Å². The number of carbonyl (C=O) groups excluding carboxylic acids is 1. The summed E-state index contributed by atoms with van der Waals surface area (Å²) in [6.07, 6.45) is 0. The van der Waals surface area contributed by atoms with Crippen LogP contribution in [0.5, 0.6) is 0 Å². The van der Waals surface area contributed by atoms with Crippen LogP contribution in [0.1, 0.15) is 29.8 Å². The fourth-order valence-corrected chi connectivity index (χ4v) is 1.94. The number of anilines is 1. The summed E-state index contributed by atoms with van der Waals surface area (Å²) < 4.78 is 13.3. The van der Waals surface area contributed by atoms with Crippen molar-refractivity contribution in [1.29, 1.82) is 0 Å². The topological polar surface area (TPSA) is 55.1 Å². The maximum absolute atomic E-state index is 13.3. The molecule has 104 valence electrons. The summed E-state index contributed by atoms with van der Waals surface area (Å²) in [4.78, 5) is 12.2. The quantitative estimate of drug-likeness (QED) is 0.844. The van der Waals surface area contributed by atoms with Crippen LogP contribution < -0.4 is 11.1 Å². The second-order valence-corrected chi connectivity index (χ2v) is 5.21. The molecule has 2 aromatic carbocycles. The molecule has 0 spiro atoms. The van der Waals surface area contributed by atoms with Crippen LogP contribution in [0.2, 0.25) is 0 Å². The number of amides is 1. The van der Waals surface area contributed by atoms with E-state index < -0.39 is 5.54 Å². The molecule has 0 heterocycles. The molecule has 3 N–H and O–H groups in total. The first-order valence-corrected chi connectivity index (χ1v) is 6.32. The normalized spacial score (nSPS) is 11.2. The molecule has 2 aromatic rings. The van der Waals surface area contributed by atoms with E-state index in [4.69, 9.17) is 5.73 Å². The van der Waals surface area contributed by atoms with Crippen LogP contribution in [-0.2, 0) is 5.54 Å². The molecule has 4 heteroatoms. The maximum atomic E-state index is 13.3. The van der Waals surface area contributed by atoms with E-state index in [9.17, 15) is 9.18 Å². The van der Waals surface area contributed by atoms with E-state index in [0.29, 0.717) is 16.8 Å². The fourth-order valence-electron chi connectivity index (χ4n) is 1.94. The molecule has 20 heavy (non-hydrogen) atoms. The van der Waals surface area contributed by atoms with Crippen molar-refractivity contribution in [2.24, 2.45) is 0 Å². The predicted molar refractivity (Wildman–Crippen MR) is 77.7 cm³/mol. The van der Waals surface area contributed by atoms with Crippen LogP contribution in [0.3, 0.4) is 0 Å². The molecule has 0 saturated heterocycles. The Morgan fingerprint density at radius 1 is 1.15 bits per heavy atom. The summed E-state index contributed by atoms with van der Waals surface area (Å²) in [5, 5.41) is 2.89. The van der Waals surface area contributed by atoms with Crippen molar-refractivity contribution in [3.8, 4) is 0 Å². The van der Waals surface area contributed by atoms with Crippen LogP contribution in [0.15, 0.2) is 48.5 Å². The summed E-state index contributed by atoms with van der Waals surface area (Å²) in [5.41, 5.74) is 6.75. The number of carbonyl (C=O) groups is 1. The van der Waals surface area contributed by atoms with Crippen LogP contribution in [0.25, 0.3) is 0 Å². The number of nitrogen functional groups attached to an aromatic ring is 1. The standard InChI is InChI=1S/C16H17FN2O/c1-16(2,12-4-3-5-13(17)10-12)19-15(20)11-6-8-14(18)9-7-11/h3-10H,18H2,1-2H3,(H,19,20). The Labute approximate surface area is 117 Å². The van der Waals surface area contributed by atoms with Gasteiger partial charge in [0.05, 0.1) is 5.54 Å². The van der Waals surface area contributed by atoms with E-state index >= 15 is 0 Å². The molecule has 0 aromatic heterocycles. The minimum atomic E-state index is -0.666. The van der Waals surface area contributed by atoms with Crippen LogP contribution in [0, 0.1) is 5.82 Å². The number of halogens is 1. The van der Waals surface area contributed by atoms with Crippen molar-refractivity contribution in [1.82, 2.24) is 5.32 Å². The lowest BCUT2D eigenvalue weighted by Gasteiger charge is -2.27. The zero-order valence-electron chi connectivity index (χ0n) is 11.5. The predicted octanol–water partition coefficient (Wildman–Crippen LogP) is 3.07. The van der Waals surface area contributed by atoms with Gasteiger partial charge in [0, 0.05) is 11.3 Å². The van der Waals surface area contributed by atoms with Gasteiger partial charge >= 0.3 is 0 Å². The van der Waals surface area contributed by atoms with Crippen molar-refractivity contribution in [3.05, 3.63) is 65.5 Å². The smallest absolute Gasteiger partial charge is 0.251 e. The monoisotopic (exact) mass is 272 g/mol. The first-order chi connectivity index (χ1) is 9.38. The maximum Gasteiger partial charge on any atom is 0.251 e. The van der Waals surface area contributed by atoms with Crippen LogP contribution >= 0.6 is 0 Å². The number of benzene rings is 2. The summed E-state index contributed by atoms with van der Waals surface area (Å²) in [5.74, 6) is -0.545. The van der Waals surface area contributed by atoms with E-state index in [1.54, 1.807) is 36.4 Å². The second kappa shape index (κ2) is 5.33. The fraction of sp³-hybridized carbons (Fsp3) is 0.188. The van der Waals surface area contributed by atoms with Crippen molar-refractivity contribution < 1.29 is 9.18 Å². The Morgan fingerprint density at radius 2 is 1.80 bits per heavy atom. The highest BCUT2D eigenvalue weighted by Crippen LogP contribution is 2.21. The van der Waals surface area contributed by atoms with Gasteiger partial charge in [0.1, 0.15) is 5.82 Å². The molecule has 0 aliphatic rings. The van der Waals surface area contributed by atoms with Gasteiger partial charge in [-0.3, -0.25) is 4.79 Å². The van der Waals surface area contributed by atoms with Gasteiger partial charge in [0.25, 0.3) is 5.91 Å². The molecule has 3 nitrogen and oxygen atoms in total. The summed E-state index contributed by atoms with van der Waals surface area (Å²) in [6, 6.07) is 12.9. The number of nitrogens with one attached hydrogen (secondary N) is 1. The lowest BCUT2D eigenvalue weighted by atomic mass is 9.93. The van der Waals surface area contributed by atoms with Gasteiger partial charge in [-0.1, -0.05) is 12.1 Å². The van der Waals surface area contributed by atoms with Crippen LogP contribution in [0.4, 0.5) is 10.1 Å². The van der Waals surface area contributed by atoms with E-state index in [1.807, 2.05) is 13.8 Å². The first kappa shape index (κ1) is 14.1. The highest BCUT2D eigenvalue weighted by atomic mass is 19.1. The SMILES string of the molecule is CC(C)(NC(=O)c1ccc(N)cc1)c1cccc(F)c1. The Hall–Kier alpha value is -2.36. The highest BCUT2D eigenvalue weighted by Gasteiger charge is 2.23. The molecule has 0 unspecified atom stereocenters. The molecular formula is C16H17FN2O. The average molecular weight is 272 g/mol. The summed E-state index contributed by atoms with van der Waals surface area (Å²) >= 11 is 0. The molecule has 0 aliphatic heterocycles. The van der Waals surface area contributed by atoms with Gasteiger partial charge in [-0.05, 0) is 55.8 Å². The van der Waals surface area contributed by atoms with E-state index in [0.717, 1.165) is 0 Å². The van der Waals surface area contributed by atoms with E-state index in [2.05, 4.69) is 5.32 Å². The lowest BCUT2D eigenvalue weighted by Crippen LogP contribution is -2.41. The minimum Gasteiger partial charge on any atom is -0.399 e. The van der Waals surface area contributed by atoms with Gasteiger partial charge in [-0.2, -0.15) is 0 Å². The second-order valence-electron chi connectivity index (χ2n) is 5.21. The number of hydrogen-bond acceptors (Lipinski definition) is 2. The molecular weight excluding hydrogens is 255 g/mol. The third-order valence-corrected chi connectivity index (χ3v) is 3.15. The van der Waals surface area contributed by atoms with E-state index in [-0.39, 0.29) is 11.7 Å². The Bertz CT molecular complexity index is 621. The molecule has 0 bridgehead atoms. The third kappa shape index (κ3) is 3.15. The zero-order chi connectivity index (χ0) is 14.8. The zero-order valence-corrected chi connectivity index (χ0v) is 11.5. The van der Waals surface area contributed by atoms with Crippen molar-refractivity contribution in [3.63, 3.8) is 0 Å². The molecule has 0 saturated carbocycles. The molecule has 1 amide bonds. The Morgan fingerprint density at radius 3 is 2.40 bits per heavy atom. The average Bonchev–Trinajstić information content (AvgIpc) is 2.39. The third-order valence-electron chi connectivity index (χ3n) is 3.15. The molecule has 0 aliphatic carbocycles. The molecule has 0 atom stereocenters. The van der Waals surface area contributed by atoms with Gasteiger partial charge in [-0.25, -0.2) is 4.39 Å². The highest BCUT2D eigenvalue weighted by molar-refractivity contribution is 5.95. The number of nitrogens with two attached hydrogens (primary N) is 1. The first-order valence-electron chi connectivity index (χ1n) is 6.32. The Balaban J connectivity index is 2.19. The minimum absolute atomic E-state index is 0.223. The van der Waals surface area contributed by atoms with Crippen molar-refractivity contribution in [2.45, 2.75) is 19.4 Å². The van der Waals surface area contributed by atoms with Gasteiger partial charge in [0.2, 0.25) is 0 Å². The lowest BCUT2D eigenvalue weighted by molar-refractivity contribution is 0.0912.